The van der Waals surface area contributed by atoms with Crippen LogP contribution < -0.4 is 0 Å². The SMILES string of the molecule is COC(=O)C1=C[C@H](OC(=O)c2ccc([N+](=O)[O-])cc2)C[C@H](O[Si](C)(C)C(C)(C)C)C1. The Kier molecular flexibility index (Phi) is 7.20. The molecule has 0 fully saturated rings. The zero-order valence-corrected chi connectivity index (χ0v) is 19.3. The summed E-state index contributed by atoms with van der Waals surface area (Å²) in [6, 6.07) is 5.18. The van der Waals surface area contributed by atoms with E-state index in [-0.39, 0.29) is 22.4 Å². The zero-order valence-electron chi connectivity index (χ0n) is 18.3. The summed E-state index contributed by atoms with van der Waals surface area (Å²) >= 11 is 0. The van der Waals surface area contributed by atoms with Gasteiger partial charge in [0.15, 0.2) is 8.32 Å². The summed E-state index contributed by atoms with van der Waals surface area (Å²) < 4.78 is 16.9. The number of carbonyl (C=O) groups excluding carboxylic acids is 2. The molecule has 1 aliphatic carbocycles. The van der Waals surface area contributed by atoms with E-state index in [9.17, 15) is 19.7 Å². The second-order valence-corrected chi connectivity index (χ2v) is 13.6. The highest BCUT2D eigenvalue weighted by atomic mass is 28.4. The number of hydrogen-bond donors (Lipinski definition) is 0. The lowest BCUT2D eigenvalue weighted by atomic mass is 9.95. The predicted molar refractivity (Wildman–Crippen MR) is 114 cm³/mol. The molecule has 0 bridgehead atoms. The molecule has 0 heterocycles. The van der Waals surface area contributed by atoms with Gasteiger partial charge in [0.25, 0.3) is 5.69 Å². The molecular weight excluding hydrogens is 406 g/mol. The van der Waals surface area contributed by atoms with E-state index in [0.29, 0.717) is 18.4 Å². The number of rotatable bonds is 6. The third-order valence-electron chi connectivity index (χ3n) is 5.62. The maximum Gasteiger partial charge on any atom is 0.338 e. The van der Waals surface area contributed by atoms with Crippen LogP contribution >= 0.6 is 0 Å². The van der Waals surface area contributed by atoms with E-state index in [1.54, 1.807) is 6.08 Å². The first-order chi connectivity index (χ1) is 13.8. The Hall–Kier alpha value is -2.52. The Bertz CT molecular complexity index is 840. The molecule has 0 amide bonds. The van der Waals surface area contributed by atoms with Gasteiger partial charge in [-0.05, 0) is 36.3 Å². The molecule has 0 spiro atoms. The van der Waals surface area contributed by atoms with Crippen LogP contribution in [0, 0.1) is 10.1 Å². The first-order valence-electron chi connectivity index (χ1n) is 9.76. The Labute approximate surface area is 177 Å². The summed E-state index contributed by atoms with van der Waals surface area (Å²) in [7, 11) is -0.796. The van der Waals surface area contributed by atoms with Gasteiger partial charge in [-0.1, -0.05) is 20.8 Å². The van der Waals surface area contributed by atoms with Gasteiger partial charge in [-0.25, -0.2) is 9.59 Å². The van der Waals surface area contributed by atoms with Crippen LogP contribution in [-0.4, -0.2) is 44.5 Å². The van der Waals surface area contributed by atoms with E-state index in [1.807, 2.05) is 0 Å². The van der Waals surface area contributed by atoms with Crippen LogP contribution in [0.15, 0.2) is 35.9 Å². The van der Waals surface area contributed by atoms with Crippen molar-refractivity contribution in [1.82, 2.24) is 0 Å². The molecule has 30 heavy (non-hydrogen) atoms. The molecule has 0 saturated carbocycles. The molecule has 0 radical (unpaired) electrons. The van der Waals surface area contributed by atoms with Crippen molar-refractivity contribution in [3.8, 4) is 0 Å². The van der Waals surface area contributed by atoms with Crippen LogP contribution in [0.5, 0.6) is 0 Å². The Morgan fingerprint density at radius 2 is 1.73 bits per heavy atom. The van der Waals surface area contributed by atoms with Gasteiger partial charge in [0.1, 0.15) is 6.10 Å². The minimum absolute atomic E-state index is 0.00941. The Morgan fingerprint density at radius 1 is 1.13 bits per heavy atom. The van der Waals surface area contributed by atoms with Gasteiger partial charge in [0.2, 0.25) is 0 Å². The summed E-state index contributed by atoms with van der Waals surface area (Å²) in [6.07, 6.45) is 1.47. The lowest BCUT2D eigenvalue weighted by molar-refractivity contribution is -0.384. The standard InChI is InChI=1S/C21H29NO7Si/c1-21(2,3)30(5,6)29-18-12-15(19(23)27-4)11-17(13-18)28-20(24)14-7-9-16(10-8-14)22(25)26/h7-11,17-18H,12-13H2,1-6H3/t17-,18+/m0/s1. The summed E-state index contributed by atoms with van der Waals surface area (Å²) in [5.74, 6) is -1.10. The van der Waals surface area contributed by atoms with Gasteiger partial charge in [-0.2, -0.15) is 0 Å². The third kappa shape index (κ3) is 5.76. The first-order valence-corrected chi connectivity index (χ1v) is 12.7. The number of hydrogen-bond acceptors (Lipinski definition) is 7. The Balaban J connectivity index is 2.19. The van der Waals surface area contributed by atoms with E-state index >= 15 is 0 Å². The average molecular weight is 436 g/mol. The molecule has 0 saturated heterocycles. The summed E-state index contributed by atoms with van der Waals surface area (Å²) in [5, 5.41) is 10.8. The highest BCUT2D eigenvalue weighted by Crippen LogP contribution is 2.39. The van der Waals surface area contributed by atoms with Gasteiger partial charge in [0.05, 0.1) is 23.7 Å². The number of nitro groups is 1. The summed E-state index contributed by atoms with van der Waals surface area (Å²) in [6.45, 7) is 10.6. The second-order valence-electron chi connectivity index (χ2n) is 8.87. The largest absolute Gasteiger partial charge is 0.466 e. The normalized spacial score (nSPS) is 19.6. The fourth-order valence-corrected chi connectivity index (χ4v) is 4.29. The molecule has 2 atom stereocenters. The maximum absolute atomic E-state index is 12.5. The number of nitrogens with zero attached hydrogens (tertiary/aromatic N) is 1. The van der Waals surface area contributed by atoms with Crippen molar-refractivity contribution in [3.05, 3.63) is 51.6 Å². The quantitative estimate of drug-likeness (QED) is 0.282. The summed E-state index contributed by atoms with van der Waals surface area (Å²) in [5.41, 5.74) is 0.495. The van der Waals surface area contributed by atoms with Crippen LogP contribution in [0.3, 0.4) is 0 Å². The maximum atomic E-state index is 12.5. The average Bonchev–Trinajstić information content (AvgIpc) is 2.65. The molecule has 1 aromatic carbocycles. The molecule has 0 unspecified atom stereocenters. The van der Waals surface area contributed by atoms with Crippen LogP contribution in [0.2, 0.25) is 18.1 Å². The van der Waals surface area contributed by atoms with Gasteiger partial charge >= 0.3 is 11.9 Å². The third-order valence-corrected chi connectivity index (χ3v) is 10.2. The van der Waals surface area contributed by atoms with Crippen molar-refractivity contribution in [2.45, 2.75) is 64.0 Å². The molecule has 9 heteroatoms. The van der Waals surface area contributed by atoms with Crippen LogP contribution in [0.4, 0.5) is 5.69 Å². The predicted octanol–water partition coefficient (Wildman–Crippen LogP) is 4.40. The molecule has 0 aromatic heterocycles. The number of non-ortho nitro benzene ring substituents is 1. The highest BCUT2D eigenvalue weighted by molar-refractivity contribution is 6.74. The smallest absolute Gasteiger partial charge is 0.338 e. The number of benzene rings is 1. The van der Waals surface area contributed by atoms with Gasteiger partial charge in [-0.15, -0.1) is 0 Å². The second kappa shape index (κ2) is 9.09. The van der Waals surface area contributed by atoms with Crippen molar-refractivity contribution in [1.29, 1.82) is 0 Å². The van der Waals surface area contributed by atoms with Crippen LogP contribution in [0.25, 0.3) is 0 Å². The number of esters is 2. The van der Waals surface area contributed by atoms with Crippen LogP contribution in [0.1, 0.15) is 44.0 Å². The van der Waals surface area contributed by atoms with Crippen LogP contribution in [-0.2, 0) is 18.7 Å². The number of carbonyl (C=O) groups is 2. The van der Waals surface area contributed by atoms with Crippen molar-refractivity contribution in [2.24, 2.45) is 0 Å². The molecule has 0 aliphatic heterocycles. The van der Waals surface area contributed by atoms with Gasteiger partial charge in [-0.3, -0.25) is 10.1 Å². The van der Waals surface area contributed by atoms with E-state index in [4.69, 9.17) is 13.9 Å². The molecule has 1 aromatic rings. The molecule has 8 nitrogen and oxygen atoms in total. The fourth-order valence-electron chi connectivity index (χ4n) is 2.92. The lowest BCUT2D eigenvalue weighted by Crippen LogP contribution is -2.46. The monoisotopic (exact) mass is 435 g/mol. The number of methoxy groups -OCH3 is 1. The van der Waals surface area contributed by atoms with E-state index in [2.05, 4.69) is 33.9 Å². The summed E-state index contributed by atoms with van der Waals surface area (Å²) in [4.78, 5) is 34.9. The van der Waals surface area contributed by atoms with E-state index in [0.717, 1.165) is 0 Å². The molecular formula is C21H29NO7Si. The van der Waals surface area contributed by atoms with Crippen molar-refractivity contribution in [2.75, 3.05) is 7.11 Å². The van der Waals surface area contributed by atoms with E-state index < -0.39 is 31.3 Å². The lowest BCUT2D eigenvalue weighted by Gasteiger charge is -2.41. The minimum Gasteiger partial charge on any atom is -0.466 e. The zero-order chi connectivity index (χ0) is 22.7. The van der Waals surface area contributed by atoms with E-state index in [1.165, 1.54) is 31.4 Å². The minimum atomic E-state index is -2.10. The molecule has 164 valence electrons. The van der Waals surface area contributed by atoms with Gasteiger partial charge < -0.3 is 13.9 Å². The highest BCUT2D eigenvalue weighted by Gasteiger charge is 2.41. The van der Waals surface area contributed by atoms with Gasteiger partial charge in [0, 0.05) is 30.5 Å². The molecule has 2 rings (SSSR count). The van der Waals surface area contributed by atoms with Crippen molar-refractivity contribution < 1.29 is 28.4 Å². The topological polar surface area (TPSA) is 105 Å². The number of ether oxygens (including phenoxy) is 2. The molecule has 1 aliphatic rings. The first kappa shape index (κ1) is 23.8. The van der Waals surface area contributed by atoms with Crippen molar-refractivity contribution in [3.63, 3.8) is 0 Å². The Morgan fingerprint density at radius 3 is 2.23 bits per heavy atom. The molecule has 0 N–H and O–H groups in total. The van der Waals surface area contributed by atoms with Crippen molar-refractivity contribution >= 4 is 25.9 Å². The number of nitro benzene ring substituents is 1. The fraction of sp³-hybridized carbons (Fsp3) is 0.524.